The summed E-state index contributed by atoms with van der Waals surface area (Å²) in [5.41, 5.74) is 0. The van der Waals surface area contributed by atoms with E-state index in [2.05, 4.69) is 106 Å². The summed E-state index contributed by atoms with van der Waals surface area (Å²) in [5, 5.41) is 9.86. The Morgan fingerprint density at radius 2 is 0.650 bits per heavy atom. The highest BCUT2D eigenvalue weighted by Crippen LogP contribution is 2.43. The Morgan fingerprint density at radius 1 is 0.362 bits per heavy atom. The van der Waals surface area contributed by atoms with Crippen molar-refractivity contribution in [1.29, 1.82) is 0 Å². The third kappa shape index (κ3) is 59.3. The summed E-state index contributed by atoms with van der Waals surface area (Å²) >= 11 is 0. The van der Waals surface area contributed by atoms with E-state index < -0.39 is 57.8 Å². The van der Waals surface area contributed by atoms with Crippen LogP contribution in [0.5, 0.6) is 0 Å². The minimum absolute atomic E-state index is 0.149. The molecule has 0 fully saturated rings. The van der Waals surface area contributed by atoms with Gasteiger partial charge >= 0.3 is 25.7 Å². The van der Waals surface area contributed by atoms with Crippen molar-refractivity contribution in [2.75, 3.05) is 26.4 Å². The van der Waals surface area contributed by atoms with Crippen molar-refractivity contribution in [3.8, 4) is 0 Å². The first-order valence-corrected chi connectivity index (χ1v) is 34.0. The van der Waals surface area contributed by atoms with Crippen LogP contribution in [0.4, 0.5) is 0 Å². The molecule has 0 heterocycles. The molecule has 0 aliphatic heterocycles. The van der Waals surface area contributed by atoms with Crippen LogP contribution >= 0.6 is 7.82 Å². The van der Waals surface area contributed by atoms with Crippen LogP contribution in [0.15, 0.2) is 85.1 Å². The van der Waals surface area contributed by atoms with Crippen molar-refractivity contribution in [1.82, 2.24) is 0 Å². The van der Waals surface area contributed by atoms with Gasteiger partial charge in [0.25, 0.3) is 0 Å². The number of allylic oxidation sites excluding steroid dienone is 14. The summed E-state index contributed by atoms with van der Waals surface area (Å²) in [6.45, 7) is 4.52. The maximum atomic E-state index is 13.0. The second-order valence-electron chi connectivity index (χ2n) is 21.6. The Labute approximate surface area is 490 Å². The van der Waals surface area contributed by atoms with Gasteiger partial charge < -0.3 is 24.2 Å². The summed E-state index contributed by atoms with van der Waals surface area (Å²) in [5.74, 6) is -1.48. The number of aliphatic hydroxyl groups excluding tert-OH is 1. The van der Waals surface area contributed by atoms with Crippen LogP contribution in [0.1, 0.15) is 290 Å². The van der Waals surface area contributed by atoms with Crippen LogP contribution < -0.4 is 0 Å². The zero-order chi connectivity index (χ0) is 58.3. The predicted octanol–water partition coefficient (Wildman–Crippen LogP) is 19.8. The lowest BCUT2D eigenvalue weighted by Gasteiger charge is -2.21. The molecular formula is C68H119O11P. The number of carbonyl (C=O) groups excluding carboxylic acids is 3. The van der Waals surface area contributed by atoms with Crippen molar-refractivity contribution in [3.05, 3.63) is 85.1 Å². The lowest BCUT2D eigenvalue weighted by atomic mass is 10.0. The molecule has 2 N–H and O–H groups in total. The van der Waals surface area contributed by atoms with E-state index in [1.165, 1.54) is 96.3 Å². The van der Waals surface area contributed by atoms with Crippen molar-refractivity contribution >= 4 is 25.7 Å². The van der Waals surface area contributed by atoms with Crippen LogP contribution in [-0.4, -0.2) is 66.5 Å². The predicted molar refractivity (Wildman–Crippen MR) is 334 cm³/mol. The minimum atomic E-state index is -4.76. The second kappa shape index (κ2) is 61.7. The normalized spacial score (nSPS) is 13.8. The van der Waals surface area contributed by atoms with Crippen molar-refractivity contribution < 1.29 is 52.2 Å². The topological polar surface area (TPSA) is 155 Å². The average Bonchev–Trinajstić information content (AvgIpc) is 3.45. The Bertz CT molecular complexity index is 1670. The molecule has 0 rings (SSSR count). The number of phosphoric ester groups is 1. The molecule has 0 spiro atoms. The second-order valence-corrected chi connectivity index (χ2v) is 23.0. The van der Waals surface area contributed by atoms with Gasteiger partial charge in [-0.2, -0.15) is 0 Å². The van der Waals surface area contributed by atoms with Gasteiger partial charge in [0.15, 0.2) is 6.10 Å². The molecule has 3 atom stereocenters. The van der Waals surface area contributed by atoms with Crippen LogP contribution in [0.3, 0.4) is 0 Å². The van der Waals surface area contributed by atoms with E-state index in [0.29, 0.717) is 19.3 Å². The lowest BCUT2D eigenvalue weighted by molar-refractivity contribution is -0.161. The third-order valence-electron chi connectivity index (χ3n) is 13.8. The van der Waals surface area contributed by atoms with Gasteiger partial charge in [-0.3, -0.25) is 23.4 Å². The lowest BCUT2D eigenvalue weighted by Crippen LogP contribution is -2.30. The number of phosphoric acid groups is 1. The molecular weight excluding hydrogens is 1020 g/mol. The zero-order valence-corrected chi connectivity index (χ0v) is 52.2. The average molecular weight is 1140 g/mol. The molecule has 12 heteroatoms. The van der Waals surface area contributed by atoms with Crippen LogP contribution in [0.2, 0.25) is 0 Å². The Hall–Kier alpha value is -3.34. The summed E-state index contributed by atoms with van der Waals surface area (Å²) < 4.78 is 39.7. The molecule has 0 bridgehead atoms. The third-order valence-corrected chi connectivity index (χ3v) is 14.8. The maximum Gasteiger partial charge on any atom is 0.472 e. The van der Waals surface area contributed by atoms with Gasteiger partial charge in [0, 0.05) is 19.3 Å². The van der Waals surface area contributed by atoms with Gasteiger partial charge in [-0.05, 0) is 96.3 Å². The van der Waals surface area contributed by atoms with Crippen molar-refractivity contribution in [3.63, 3.8) is 0 Å². The first-order chi connectivity index (χ1) is 39.2. The van der Waals surface area contributed by atoms with Gasteiger partial charge in [-0.25, -0.2) is 4.57 Å². The molecule has 462 valence electrons. The highest BCUT2D eigenvalue weighted by atomic mass is 31.2. The van der Waals surface area contributed by atoms with Crippen LogP contribution in [-0.2, 0) is 42.2 Å². The van der Waals surface area contributed by atoms with Gasteiger partial charge in [-0.1, -0.05) is 260 Å². The summed E-state index contributed by atoms with van der Waals surface area (Å²) in [4.78, 5) is 48.8. The highest BCUT2D eigenvalue weighted by molar-refractivity contribution is 7.47. The number of ether oxygens (including phenoxy) is 3. The van der Waals surface area contributed by atoms with E-state index in [0.717, 1.165) is 135 Å². The molecule has 0 aromatic rings. The number of aliphatic hydroxyl groups is 1. The summed E-state index contributed by atoms with van der Waals surface area (Å²) in [6.07, 6.45) is 72.4. The molecule has 0 aromatic carbocycles. The Kier molecular flexibility index (Phi) is 59.1. The number of hydrogen-bond donors (Lipinski definition) is 2. The largest absolute Gasteiger partial charge is 0.472 e. The molecule has 3 unspecified atom stereocenters. The standard InChI is InChI=1S/C68H119O11P/c1-4-7-10-13-16-19-22-25-28-30-32-34-37-40-43-46-49-52-55-58-67(71)78-64(60-69)62-76-80(73,74)77-63-65(61-75-66(70)57-54-51-48-45-42-39-36-27-24-21-18-15-12-9-6-3)79-68(72)59-56-53-50-47-44-41-38-35-33-31-29-26-23-20-17-14-11-8-5-2/h8,11,16-17,19-20,25-26,28-29,32-35,64-65,69H,4-7,9-10,12-15,18,21-24,27,30-31,36-63H2,1-3H3,(H,73,74)/b11-8-,19-16-,20-17-,28-25-,29-26-,34-32-,35-33-. The fraction of sp³-hybridized carbons (Fsp3) is 0.750. The van der Waals surface area contributed by atoms with Gasteiger partial charge in [0.2, 0.25) is 0 Å². The molecule has 0 aromatic heterocycles. The molecule has 0 aliphatic carbocycles. The van der Waals surface area contributed by atoms with E-state index in [1.54, 1.807) is 0 Å². The zero-order valence-electron chi connectivity index (χ0n) is 51.3. The molecule has 0 aliphatic rings. The first kappa shape index (κ1) is 76.7. The fourth-order valence-electron chi connectivity index (χ4n) is 8.89. The van der Waals surface area contributed by atoms with Crippen LogP contribution in [0, 0.1) is 0 Å². The van der Waals surface area contributed by atoms with E-state index in [-0.39, 0.29) is 25.9 Å². The minimum Gasteiger partial charge on any atom is -0.462 e. The molecule has 0 saturated heterocycles. The maximum absolute atomic E-state index is 13.0. The number of carbonyl (C=O) groups is 3. The monoisotopic (exact) mass is 1140 g/mol. The number of rotatable bonds is 60. The smallest absolute Gasteiger partial charge is 0.462 e. The molecule has 80 heavy (non-hydrogen) atoms. The van der Waals surface area contributed by atoms with E-state index >= 15 is 0 Å². The number of hydrogen-bond acceptors (Lipinski definition) is 10. The fourth-order valence-corrected chi connectivity index (χ4v) is 9.67. The van der Waals surface area contributed by atoms with E-state index in [9.17, 15) is 28.9 Å². The number of unbranched alkanes of at least 4 members (excludes halogenated alkanes) is 29. The van der Waals surface area contributed by atoms with Crippen molar-refractivity contribution in [2.24, 2.45) is 0 Å². The number of esters is 3. The van der Waals surface area contributed by atoms with E-state index in [1.807, 2.05) is 0 Å². The quantitative estimate of drug-likeness (QED) is 0.0197. The molecule has 0 amide bonds. The first-order valence-electron chi connectivity index (χ1n) is 32.5. The molecule has 0 radical (unpaired) electrons. The Morgan fingerprint density at radius 3 is 1.02 bits per heavy atom. The Balaban J connectivity index is 4.71. The summed E-state index contributed by atoms with van der Waals surface area (Å²) in [6, 6.07) is 0. The summed E-state index contributed by atoms with van der Waals surface area (Å²) in [7, 11) is -4.76. The van der Waals surface area contributed by atoms with Gasteiger partial charge in [0.1, 0.15) is 12.7 Å². The molecule has 0 saturated carbocycles. The van der Waals surface area contributed by atoms with E-state index in [4.69, 9.17) is 23.3 Å². The van der Waals surface area contributed by atoms with Gasteiger partial charge in [-0.15, -0.1) is 0 Å². The van der Waals surface area contributed by atoms with Gasteiger partial charge in [0.05, 0.1) is 19.8 Å². The van der Waals surface area contributed by atoms with Crippen LogP contribution in [0.25, 0.3) is 0 Å². The van der Waals surface area contributed by atoms with Crippen molar-refractivity contribution in [2.45, 2.75) is 303 Å². The highest BCUT2D eigenvalue weighted by Gasteiger charge is 2.28. The molecule has 11 nitrogen and oxygen atoms in total. The SMILES string of the molecule is CC/C=C\C/C=C\C/C=C\C/C=C\CCCCCCCCC(=O)OC(COC(=O)CCCCCCCCCCCCCCCCC)COP(=O)(O)OCC(CO)OC(=O)CCCCCCCC/C=C\C/C=C\C/C=C\CCCCC.